The highest BCUT2D eigenvalue weighted by Gasteiger charge is 2.22. The summed E-state index contributed by atoms with van der Waals surface area (Å²) in [5.41, 5.74) is 3.76. The van der Waals surface area contributed by atoms with Crippen molar-refractivity contribution >= 4 is 5.95 Å². The van der Waals surface area contributed by atoms with Crippen molar-refractivity contribution in [1.29, 1.82) is 0 Å². The molecule has 2 saturated heterocycles. The van der Waals surface area contributed by atoms with Crippen molar-refractivity contribution in [3.63, 3.8) is 0 Å². The molecular formula is C22H31N5O2. The summed E-state index contributed by atoms with van der Waals surface area (Å²) in [5, 5.41) is 3.62. The number of hydrogen-bond donors (Lipinski definition) is 1. The zero-order valence-electron chi connectivity index (χ0n) is 17.2. The Hall–Kier alpha value is -2.06. The van der Waals surface area contributed by atoms with E-state index in [9.17, 15) is 0 Å². The van der Waals surface area contributed by atoms with Crippen molar-refractivity contribution in [3.05, 3.63) is 53.3 Å². The Morgan fingerprint density at radius 1 is 1.00 bits per heavy atom. The third-order valence-corrected chi connectivity index (χ3v) is 5.57. The van der Waals surface area contributed by atoms with Crippen molar-refractivity contribution in [2.24, 2.45) is 0 Å². The molecule has 2 aliphatic rings. The van der Waals surface area contributed by atoms with Gasteiger partial charge in [0.25, 0.3) is 0 Å². The number of morpholine rings is 2. The summed E-state index contributed by atoms with van der Waals surface area (Å²) >= 11 is 0. The van der Waals surface area contributed by atoms with E-state index in [1.807, 2.05) is 12.4 Å². The standard InChI is InChI=1S/C22H31N5O2/c1-18-3-2-4-20(13-18)21(26-5-9-28-10-6-26)17-23-14-19-15-24-22(25-16-19)27-7-11-29-12-8-27/h2-4,13,15-16,21,23H,5-12,14,17H2,1H3. The predicted octanol–water partition coefficient (Wildman–Crippen LogP) is 1.78. The first-order chi connectivity index (χ1) is 14.3. The lowest BCUT2D eigenvalue weighted by Gasteiger charge is -2.35. The van der Waals surface area contributed by atoms with Gasteiger partial charge in [0, 0.05) is 63.3 Å². The molecule has 0 radical (unpaired) electrons. The quantitative estimate of drug-likeness (QED) is 0.764. The van der Waals surface area contributed by atoms with E-state index in [0.29, 0.717) is 6.04 Å². The molecule has 7 nitrogen and oxygen atoms in total. The van der Waals surface area contributed by atoms with E-state index in [0.717, 1.165) is 77.2 Å². The van der Waals surface area contributed by atoms with Crippen LogP contribution in [0.15, 0.2) is 36.7 Å². The minimum Gasteiger partial charge on any atom is -0.379 e. The van der Waals surface area contributed by atoms with Crippen molar-refractivity contribution < 1.29 is 9.47 Å². The van der Waals surface area contributed by atoms with E-state index in [4.69, 9.17) is 9.47 Å². The number of aromatic nitrogens is 2. The average molecular weight is 398 g/mol. The second kappa shape index (κ2) is 10.1. The van der Waals surface area contributed by atoms with Gasteiger partial charge in [-0.25, -0.2) is 9.97 Å². The van der Waals surface area contributed by atoms with Crippen molar-refractivity contribution in [2.45, 2.75) is 19.5 Å². The molecule has 3 heterocycles. The van der Waals surface area contributed by atoms with Crippen LogP contribution in [0.3, 0.4) is 0 Å². The van der Waals surface area contributed by atoms with Crippen LogP contribution in [0.2, 0.25) is 0 Å². The fourth-order valence-corrected chi connectivity index (χ4v) is 3.94. The fraction of sp³-hybridized carbons (Fsp3) is 0.545. The van der Waals surface area contributed by atoms with E-state index in [1.54, 1.807) is 0 Å². The molecule has 4 rings (SSSR count). The van der Waals surface area contributed by atoms with Gasteiger partial charge < -0.3 is 19.7 Å². The fourth-order valence-electron chi connectivity index (χ4n) is 3.94. The third kappa shape index (κ3) is 5.51. The summed E-state index contributed by atoms with van der Waals surface area (Å²) < 4.78 is 10.9. The molecule has 1 aromatic carbocycles. The predicted molar refractivity (Wildman–Crippen MR) is 113 cm³/mol. The first-order valence-corrected chi connectivity index (χ1v) is 10.5. The Balaban J connectivity index is 1.36. The van der Waals surface area contributed by atoms with Gasteiger partial charge in [-0.2, -0.15) is 0 Å². The maximum absolute atomic E-state index is 5.55. The minimum atomic E-state index is 0.340. The number of ether oxygens (including phenoxy) is 2. The molecule has 0 aliphatic carbocycles. The first-order valence-electron chi connectivity index (χ1n) is 10.5. The van der Waals surface area contributed by atoms with Crippen LogP contribution in [-0.2, 0) is 16.0 Å². The maximum Gasteiger partial charge on any atom is 0.225 e. The second-order valence-corrected chi connectivity index (χ2v) is 7.70. The Labute approximate surface area is 173 Å². The van der Waals surface area contributed by atoms with E-state index in [2.05, 4.69) is 56.3 Å². The normalized spacial score (nSPS) is 19.3. The van der Waals surface area contributed by atoms with Crippen LogP contribution in [0.1, 0.15) is 22.7 Å². The van der Waals surface area contributed by atoms with Gasteiger partial charge in [-0.05, 0) is 12.5 Å². The molecule has 29 heavy (non-hydrogen) atoms. The Morgan fingerprint density at radius 3 is 2.38 bits per heavy atom. The van der Waals surface area contributed by atoms with E-state index < -0.39 is 0 Å². The van der Waals surface area contributed by atoms with Gasteiger partial charge in [0.15, 0.2) is 0 Å². The summed E-state index contributed by atoms with van der Waals surface area (Å²) in [6.07, 6.45) is 3.86. The number of aryl methyl sites for hydroxylation is 1. The molecule has 0 bridgehead atoms. The van der Waals surface area contributed by atoms with Crippen LogP contribution < -0.4 is 10.2 Å². The molecule has 1 aromatic heterocycles. The smallest absolute Gasteiger partial charge is 0.225 e. The minimum absolute atomic E-state index is 0.340. The number of hydrogen-bond acceptors (Lipinski definition) is 7. The highest BCUT2D eigenvalue weighted by atomic mass is 16.5. The maximum atomic E-state index is 5.55. The summed E-state index contributed by atoms with van der Waals surface area (Å²) in [6, 6.07) is 9.17. The van der Waals surface area contributed by atoms with E-state index >= 15 is 0 Å². The Morgan fingerprint density at radius 2 is 1.69 bits per heavy atom. The molecule has 2 fully saturated rings. The lowest BCUT2D eigenvalue weighted by atomic mass is 10.0. The molecule has 2 aliphatic heterocycles. The first kappa shape index (κ1) is 20.2. The number of nitrogens with zero attached hydrogens (tertiary/aromatic N) is 4. The van der Waals surface area contributed by atoms with Crippen LogP contribution in [0.4, 0.5) is 5.95 Å². The molecule has 156 valence electrons. The summed E-state index contributed by atoms with van der Waals surface area (Å²) in [5.74, 6) is 0.794. The lowest BCUT2D eigenvalue weighted by Crippen LogP contribution is -2.42. The van der Waals surface area contributed by atoms with Gasteiger partial charge in [0.05, 0.1) is 26.4 Å². The molecule has 2 aromatic rings. The van der Waals surface area contributed by atoms with Gasteiger partial charge >= 0.3 is 0 Å². The molecule has 0 spiro atoms. The van der Waals surface area contributed by atoms with Gasteiger partial charge in [0.1, 0.15) is 0 Å². The van der Waals surface area contributed by atoms with Crippen molar-refractivity contribution in [2.75, 3.05) is 64.1 Å². The Bertz CT molecular complexity index is 758. The molecule has 0 amide bonds. The van der Waals surface area contributed by atoms with Crippen LogP contribution >= 0.6 is 0 Å². The number of benzene rings is 1. The third-order valence-electron chi connectivity index (χ3n) is 5.57. The number of nitrogens with one attached hydrogen (secondary N) is 1. The Kier molecular flexibility index (Phi) is 7.05. The van der Waals surface area contributed by atoms with Gasteiger partial charge in [-0.3, -0.25) is 4.90 Å². The number of rotatable bonds is 7. The van der Waals surface area contributed by atoms with Gasteiger partial charge in [-0.15, -0.1) is 0 Å². The van der Waals surface area contributed by atoms with Gasteiger partial charge in [0.2, 0.25) is 5.95 Å². The van der Waals surface area contributed by atoms with Crippen LogP contribution in [0.5, 0.6) is 0 Å². The van der Waals surface area contributed by atoms with Crippen molar-refractivity contribution in [3.8, 4) is 0 Å². The largest absolute Gasteiger partial charge is 0.379 e. The average Bonchev–Trinajstić information content (AvgIpc) is 2.78. The molecule has 1 unspecified atom stereocenters. The second-order valence-electron chi connectivity index (χ2n) is 7.70. The molecule has 1 N–H and O–H groups in total. The molecule has 7 heteroatoms. The van der Waals surface area contributed by atoms with E-state index in [1.165, 1.54) is 11.1 Å². The molecule has 0 saturated carbocycles. The van der Waals surface area contributed by atoms with Crippen LogP contribution in [0.25, 0.3) is 0 Å². The topological polar surface area (TPSA) is 62.8 Å². The SMILES string of the molecule is Cc1cccc(C(CNCc2cnc(N3CCOCC3)nc2)N2CCOCC2)c1. The van der Waals surface area contributed by atoms with Crippen LogP contribution in [0, 0.1) is 6.92 Å². The van der Waals surface area contributed by atoms with E-state index in [-0.39, 0.29) is 0 Å². The number of anilines is 1. The van der Waals surface area contributed by atoms with Crippen molar-refractivity contribution in [1.82, 2.24) is 20.2 Å². The van der Waals surface area contributed by atoms with Crippen LogP contribution in [-0.4, -0.2) is 74.0 Å². The highest BCUT2D eigenvalue weighted by molar-refractivity contribution is 5.30. The summed E-state index contributed by atoms with van der Waals surface area (Å²) in [4.78, 5) is 13.8. The zero-order chi connectivity index (χ0) is 19.9. The zero-order valence-corrected chi connectivity index (χ0v) is 17.2. The molecule has 1 atom stereocenters. The lowest BCUT2D eigenvalue weighted by molar-refractivity contribution is 0.0161. The summed E-state index contributed by atoms with van der Waals surface area (Å²) in [7, 11) is 0. The monoisotopic (exact) mass is 397 g/mol. The highest BCUT2D eigenvalue weighted by Crippen LogP contribution is 2.22. The summed E-state index contributed by atoms with van der Waals surface area (Å²) in [6.45, 7) is 10.5. The molecular weight excluding hydrogens is 366 g/mol. The van der Waals surface area contributed by atoms with Gasteiger partial charge in [-0.1, -0.05) is 29.8 Å².